The van der Waals surface area contributed by atoms with E-state index in [0.29, 0.717) is 28.1 Å². The van der Waals surface area contributed by atoms with Gasteiger partial charge in [-0.15, -0.1) is 0 Å². The van der Waals surface area contributed by atoms with Crippen molar-refractivity contribution in [2.45, 2.75) is 25.8 Å². The predicted molar refractivity (Wildman–Crippen MR) is 145 cm³/mol. The molecule has 1 aliphatic carbocycles. The zero-order valence-electron chi connectivity index (χ0n) is 20.2. The van der Waals surface area contributed by atoms with Crippen LogP contribution < -0.4 is 10.4 Å². The molecule has 0 spiro atoms. The maximum absolute atomic E-state index is 13.5. The molecule has 0 saturated heterocycles. The number of para-hydroxylation sites is 1. The van der Waals surface area contributed by atoms with Crippen LogP contribution in [-0.4, -0.2) is 39.1 Å². The molecular weight excluding hydrogens is 488 g/mol. The third kappa shape index (κ3) is 4.45. The second kappa shape index (κ2) is 9.51. The van der Waals surface area contributed by atoms with Gasteiger partial charge in [-0.3, -0.25) is 10.2 Å². The Balaban J connectivity index is 1.51. The topological polar surface area (TPSA) is 115 Å². The number of thiophene rings is 1. The Morgan fingerprint density at radius 1 is 1.16 bits per heavy atom. The number of carboxylic acid groups (broad SMARTS) is 1. The fourth-order valence-electron chi connectivity index (χ4n) is 4.23. The number of phenols is 1. The molecule has 2 aromatic carbocycles. The Morgan fingerprint density at radius 3 is 2.68 bits per heavy atom. The van der Waals surface area contributed by atoms with Crippen molar-refractivity contribution in [2.24, 2.45) is 10.2 Å². The van der Waals surface area contributed by atoms with Crippen LogP contribution in [0.15, 0.2) is 87.7 Å². The summed E-state index contributed by atoms with van der Waals surface area (Å²) in [4.78, 5) is 26.0. The highest BCUT2D eigenvalue weighted by molar-refractivity contribution is 7.08. The van der Waals surface area contributed by atoms with Gasteiger partial charge in [-0.05, 0) is 66.3 Å². The minimum absolute atomic E-state index is 0.00712. The summed E-state index contributed by atoms with van der Waals surface area (Å²) in [6.07, 6.45) is 4.86. The third-order valence-corrected chi connectivity index (χ3v) is 7.18. The number of carbonyl (C=O) groups excluding carboxylic acids is 1. The van der Waals surface area contributed by atoms with Crippen molar-refractivity contribution in [3.05, 3.63) is 99.8 Å². The maximum atomic E-state index is 13.5. The molecule has 1 amide bonds. The van der Waals surface area contributed by atoms with E-state index in [1.807, 2.05) is 48.9 Å². The van der Waals surface area contributed by atoms with E-state index >= 15 is 0 Å². The lowest BCUT2D eigenvalue weighted by Gasteiger charge is -2.29. The minimum atomic E-state index is -1.63. The SMILES string of the molecule is Cc1ccc(N2N=C(c3ccsc3)C(=NNC3(C(=O)O)C=CC=C(c4ccccc4O)C3)C2=O)cc1C. The van der Waals surface area contributed by atoms with Gasteiger partial charge in [-0.1, -0.05) is 36.4 Å². The molecule has 186 valence electrons. The summed E-state index contributed by atoms with van der Waals surface area (Å²) in [7, 11) is 0. The number of rotatable bonds is 6. The van der Waals surface area contributed by atoms with E-state index < -0.39 is 17.4 Å². The first-order valence-corrected chi connectivity index (χ1v) is 12.5. The third-order valence-electron chi connectivity index (χ3n) is 6.50. The normalized spacial score (nSPS) is 20.2. The molecule has 3 aromatic rings. The number of nitrogens with one attached hydrogen (secondary N) is 1. The lowest BCUT2D eigenvalue weighted by atomic mass is 9.84. The van der Waals surface area contributed by atoms with Crippen LogP contribution >= 0.6 is 11.3 Å². The van der Waals surface area contributed by atoms with Gasteiger partial charge < -0.3 is 10.2 Å². The molecule has 37 heavy (non-hydrogen) atoms. The molecule has 1 atom stereocenters. The van der Waals surface area contributed by atoms with Crippen LogP contribution in [0.5, 0.6) is 5.75 Å². The average molecular weight is 513 g/mol. The van der Waals surface area contributed by atoms with Gasteiger partial charge in [-0.2, -0.15) is 26.5 Å². The number of nitrogens with zero attached hydrogens (tertiary/aromatic N) is 3. The highest BCUT2D eigenvalue weighted by Gasteiger charge is 2.41. The van der Waals surface area contributed by atoms with Gasteiger partial charge in [0, 0.05) is 22.9 Å². The number of anilines is 1. The van der Waals surface area contributed by atoms with Gasteiger partial charge in [0.05, 0.1) is 5.69 Å². The molecular formula is C28H24N4O4S. The minimum Gasteiger partial charge on any atom is -0.507 e. The number of amides is 1. The van der Waals surface area contributed by atoms with Crippen molar-refractivity contribution in [1.82, 2.24) is 5.43 Å². The number of hydrogen-bond donors (Lipinski definition) is 3. The van der Waals surface area contributed by atoms with Crippen molar-refractivity contribution in [3.63, 3.8) is 0 Å². The van der Waals surface area contributed by atoms with E-state index in [4.69, 9.17) is 0 Å². The highest BCUT2D eigenvalue weighted by Crippen LogP contribution is 2.35. The second-order valence-corrected chi connectivity index (χ2v) is 9.72. The van der Waals surface area contributed by atoms with E-state index in [9.17, 15) is 19.8 Å². The highest BCUT2D eigenvalue weighted by atomic mass is 32.1. The van der Waals surface area contributed by atoms with Crippen LogP contribution in [0.25, 0.3) is 5.57 Å². The number of aryl methyl sites for hydroxylation is 2. The molecule has 0 bridgehead atoms. The van der Waals surface area contributed by atoms with Gasteiger partial charge in [-0.25, -0.2) is 4.79 Å². The number of carbonyl (C=O) groups is 2. The summed E-state index contributed by atoms with van der Waals surface area (Å²) in [6, 6.07) is 14.2. The standard InChI is InChI=1S/C28H24N4O4S/c1-17-9-10-21(14-18(17)2)32-26(34)25(24(30-32)20-11-13-37-16-20)29-31-28(27(35)36)12-5-6-19(15-28)22-7-3-4-8-23(22)33/h3-14,16,31,33H,15H2,1-2H3,(H,35,36). The van der Waals surface area contributed by atoms with Crippen LogP contribution in [0.2, 0.25) is 0 Å². The molecule has 0 fully saturated rings. The molecule has 9 heteroatoms. The fraction of sp³-hybridized carbons (Fsp3) is 0.143. The van der Waals surface area contributed by atoms with Crippen LogP contribution in [-0.2, 0) is 9.59 Å². The predicted octanol–water partition coefficient (Wildman–Crippen LogP) is 4.63. The molecule has 8 nitrogen and oxygen atoms in total. The summed E-state index contributed by atoms with van der Waals surface area (Å²) < 4.78 is 0. The maximum Gasteiger partial charge on any atom is 0.335 e. The molecule has 2 aliphatic rings. The molecule has 0 saturated carbocycles. The van der Waals surface area contributed by atoms with Crippen molar-refractivity contribution in [1.29, 1.82) is 0 Å². The summed E-state index contributed by atoms with van der Waals surface area (Å²) in [5.41, 5.74) is 6.08. The van der Waals surface area contributed by atoms with E-state index in [-0.39, 0.29) is 17.9 Å². The monoisotopic (exact) mass is 512 g/mol. The first-order valence-electron chi connectivity index (χ1n) is 11.6. The van der Waals surface area contributed by atoms with Crippen molar-refractivity contribution < 1.29 is 19.8 Å². The lowest BCUT2D eigenvalue weighted by molar-refractivity contribution is -0.142. The van der Waals surface area contributed by atoms with Crippen LogP contribution in [0.3, 0.4) is 0 Å². The molecule has 1 unspecified atom stereocenters. The van der Waals surface area contributed by atoms with Crippen molar-refractivity contribution in [2.75, 3.05) is 5.01 Å². The fourth-order valence-corrected chi connectivity index (χ4v) is 4.87. The average Bonchev–Trinajstić information content (AvgIpc) is 3.53. The Labute approximate surface area is 217 Å². The molecule has 2 heterocycles. The van der Waals surface area contributed by atoms with Gasteiger partial charge >= 0.3 is 11.9 Å². The largest absolute Gasteiger partial charge is 0.507 e. The Bertz CT molecular complexity index is 1520. The van der Waals surface area contributed by atoms with Crippen LogP contribution in [0, 0.1) is 13.8 Å². The summed E-state index contributed by atoms with van der Waals surface area (Å²) >= 11 is 1.46. The number of hydrazone groups is 2. The summed E-state index contributed by atoms with van der Waals surface area (Å²) in [5.74, 6) is -1.58. The summed E-state index contributed by atoms with van der Waals surface area (Å²) in [6.45, 7) is 3.95. The zero-order chi connectivity index (χ0) is 26.2. The number of carboxylic acids is 1. The van der Waals surface area contributed by atoms with Crippen molar-refractivity contribution in [3.8, 4) is 5.75 Å². The van der Waals surface area contributed by atoms with Crippen LogP contribution in [0.4, 0.5) is 5.69 Å². The van der Waals surface area contributed by atoms with Gasteiger partial charge in [0.2, 0.25) is 0 Å². The second-order valence-electron chi connectivity index (χ2n) is 8.94. The quantitative estimate of drug-likeness (QED) is 0.417. The first-order chi connectivity index (χ1) is 17.8. The molecule has 1 aromatic heterocycles. The van der Waals surface area contributed by atoms with Crippen LogP contribution in [0.1, 0.15) is 28.7 Å². The van der Waals surface area contributed by atoms with E-state index in [1.54, 1.807) is 36.4 Å². The number of hydrogen-bond acceptors (Lipinski definition) is 7. The molecule has 5 rings (SSSR count). The van der Waals surface area contributed by atoms with E-state index in [2.05, 4.69) is 15.6 Å². The molecule has 0 radical (unpaired) electrons. The number of allylic oxidation sites excluding steroid dienone is 2. The smallest absolute Gasteiger partial charge is 0.335 e. The lowest BCUT2D eigenvalue weighted by Crippen LogP contribution is -2.50. The molecule has 1 aliphatic heterocycles. The van der Waals surface area contributed by atoms with Gasteiger partial charge in [0.25, 0.3) is 0 Å². The number of benzene rings is 2. The zero-order valence-corrected chi connectivity index (χ0v) is 21.0. The van der Waals surface area contributed by atoms with Crippen molar-refractivity contribution >= 4 is 45.9 Å². The van der Waals surface area contributed by atoms with Gasteiger partial charge in [0.15, 0.2) is 11.3 Å². The number of phenolic OH excluding ortho intramolecular Hbond substituents is 1. The van der Waals surface area contributed by atoms with Gasteiger partial charge in [0.1, 0.15) is 11.5 Å². The first kappa shape index (κ1) is 24.2. The van der Waals surface area contributed by atoms with E-state index in [1.165, 1.54) is 22.4 Å². The summed E-state index contributed by atoms with van der Waals surface area (Å²) in [5, 5.41) is 34.4. The Kier molecular flexibility index (Phi) is 6.22. The Morgan fingerprint density at radius 2 is 1.97 bits per heavy atom. The molecule has 3 N–H and O–H groups in total. The number of aromatic hydroxyl groups is 1. The number of aliphatic carboxylic acids is 1. The Hall–Kier alpha value is -4.50. The van der Waals surface area contributed by atoms with E-state index in [0.717, 1.165) is 11.1 Å².